The van der Waals surface area contributed by atoms with Crippen molar-refractivity contribution < 1.29 is 9.47 Å². The molecule has 0 unspecified atom stereocenters. The van der Waals surface area contributed by atoms with Gasteiger partial charge in [0.25, 0.3) is 0 Å². The van der Waals surface area contributed by atoms with Crippen LogP contribution < -0.4 is 20.5 Å². The fraction of sp³-hybridized carbons (Fsp3) is 0.562. The van der Waals surface area contributed by atoms with Crippen molar-refractivity contribution in [2.24, 2.45) is 10.7 Å². The normalized spacial score (nSPS) is 14.0. The highest BCUT2D eigenvalue weighted by Crippen LogP contribution is 2.32. The van der Waals surface area contributed by atoms with Gasteiger partial charge in [0.2, 0.25) is 0 Å². The van der Waals surface area contributed by atoms with Crippen LogP contribution in [-0.2, 0) is 0 Å². The molecule has 1 aromatic carbocycles. The zero-order valence-corrected chi connectivity index (χ0v) is 15.5. The van der Waals surface area contributed by atoms with E-state index in [1.165, 1.54) is 19.3 Å². The molecular formula is C16H26IN3O2. The van der Waals surface area contributed by atoms with Gasteiger partial charge in [0, 0.05) is 24.7 Å². The van der Waals surface area contributed by atoms with Crippen molar-refractivity contribution in [2.75, 3.05) is 25.1 Å². The molecule has 124 valence electrons. The fourth-order valence-electron chi connectivity index (χ4n) is 2.17. The van der Waals surface area contributed by atoms with E-state index < -0.39 is 0 Å². The molecule has 6 heteroatoms. The third-order valence-electron chi connectivity index (χ3n) is 3.31. The molecule has 0 aromatic heterocycles. The Balaban J connectivity index is 0.00000242. The zero-order valence-electron chi connectivity index (χ0n) is 13.1. The van der Waals surface area contributed by atoms with E-state index in [9.17, 15) is 0 Å². The van der Waals surface area contributed by atoms with Crippen LogP contribution in [0.5, 0.6) is 11.5 Å². The number of anilines is 1. The summed E-state index contributed by atoms with van der Waals surface area (Å²) in [6, 6.07) is 5.73. The minimum Gasteiger partial charge on any atom is -0.490 e. The molecule has 1 aromatic rings. The van der Waals surface area contributed by atoms with Gasteiger partial charge in [0.1, 0.15) is 0 Å². The summed E-state index contributed by atoms with van der Waals surface area (Å²) < 4.78 is 11.2. The average molecular weight is 419 g/mol. The quantitative estimate of drug-likeness (QED) is 0.319. The Kier molecular flexibility index (Phi) is 9.03. The van der Waals surface area contributed by atoms with Crippen LogP contribution in [0.15, 0.2) is 23.2 Å². The predicted octanol–water partition coefficient (Wildman–Crippen LogP) is 3.77. The molecule has 22 heavy (non-hydrogen) atoms. The largest absolute Gasteiger partial charge is 0.490 e. The van der Waals surface area contributed by atoms with Gasteiger partial charge in [0.15, 0.2) is 17.5 Å². The van der Waals surface area contributed by atoms with Crippen LogP contribution in [0.2, 0.25) is 0 Å². The summed E-state index contributed by atoms with van der Waals surface area (Å²) in [7, 11) is 0. The maximum Gasteiger partial charge on any atom is 0.193 e. The first-order valence-corrected chi connectivity index (χ1v) is 7.76. The number of nitrogens with zero attached hydrogens (tertiary/aromatic N) is 1. The van der Waals surface area contributed by atoms with Gasteiger partial charge in [-0.15, -0.1) is 24.0 Å². The van der Waals surface area contributed by atoms with Crippen molar-refractivity contribution in [3.8, 4) is 11.5 Å². The predicted molar refractivity (Wildman–Crippen MR) is 102 cm³/mol. The first kappa shape index (κ1) is 18.9. The Morgan fingerprint density at radius 2 is 1.95 bits per heavy atom. The Labute approximate surface area is 149 Å². The van der Waals surface area contributed by atoms with Gasteiger partial charge in [-0.25, -0.2) is 0 Å². The third-order valence-corrected chi connectivity index (χ3v) is 3.31. The molecule has 2 rings (SSSR count). The number of hydrogen-bond donors (Lipinski definition) is 2. The number of aliphatic imine (C=N–C) groups is 1. The van der Waals surface area contributed by atoms with E-state index in [0.29, 0.717) is 19.2 Å². The topological polar surface area (TPSA) is 68.9 Å². The maximum absolute atomic E-state index is 5.89. The smallest absolute Gasteiger partial charge is 0.193 e. The molecule has 0 atom stereocenters. The SMILES string of the molecule is CCCCCCN=C(N)Nc1ccc2c(c1)OCCCO2.I. The van der Waals surface area contributed by atoms with Crippen LogP contribution in [0.3, 0.4) is 0 Å². The number of unbranched alkanes of at least 4 members (excludes halogenated alkanes) is 3. The lowest BCUT2D eigenvalue weighted by Crippen LogP contribution is -2.22. The number of ether oxygens (including phenoxy) is 2. The van der Waals surface area contributed by atoms with Gasteiger partial charge < -0.3 is 20.5 Å². The van der Waals surface area contributed by atoms with E-state index in [1.807, 2.05) is 18.2 Å². The zero-order chi connectivity index (χ0) is 14.9. The first-order chi connectivity index (χ1) is 10.3. The van der Waals surface area contributed by atoms with Gasteiger partial charge >= 0.3 is 0 Å². The fourth-order valence-corrected chi connectivity index (χ4v) is 2.17. The number of nitrogens with two attached hydrogens (primary N) is 1. The minimum absolute atomic E-state index is 0. The number of guanidine groups is 1. The second-order valence-corrected chi connectivity index (χ2v) is 5.16. The molecule has 0 amide bonds. The van der Waals surface area contributed by atoms with Gasteiger partial charge in [-0.3, -0.25) is 4.99 Å². The maximum atomic E-state index is 5.89. The average Bonchev–Trinajstić information content (AvgIpc) is 2.72. The van der Waals surface area contributed by atoms with Crippen LogP contribution in [-0.4, -0.2) is 25.7 Å². The number of rotatable bonds is 6. The molecule has 5 nitrogen and oxygen atoms in total. The van der Waals surface area contributed by atoms with Crippen LogP contribution in [0.4, 0.5) is 5.69 Å². The minimum atomic E-state index is 0. The number of fused-ring (bicyclic) bond motifs is 1. The van der Waals surface area contributed by atoms with Crippen molar-refractivity contribution in [1.29, 1.82) is 0 Å². The van der Waals surface area contributed by atoms with E-state index in [1.54, 1.807) is 0 Å². The molecule has 0 saturated heterocycles. The summed E-state index contributed by atoms with van der Waals surface area (Å²) in [6.07, 6.45) is 5.67. The number of benzene rings is 1. The summed E-state index contributed by atoms with van der Waals surface area (Å²) >= 11 is 0. The monoisotopic (exact) mass is 419 g/mol. The van der Waals surface area contributed by atoms with Crippen molar-refractivity contribution >= 4 is 35.6 Å². The van der Waals surface area contributed by atoms with Crippen LogP contribution in [0, 0.1) is 0 Å². The molecular weight excluding hydrogens is 393 g/mol. The van der Waals surface area contributed by atoms with E-state index in [4.69, 9.17) is 15.2 Å². The van der Waals surface area contributed by atoms with Crippen LogP contribution in [0.1, 0.15) is 39.0 Å². The van der Waals surface area contributed by atoms with Crippen LogP contribution >= 0.6 is 24.0 Å². The summed E-state index contributed by atoms with van der Waals surface area (Å²) in [5.74, 6) is 1.99. The standard InChI is InChI=1S/C16H25N3O2.HI/c1-2-3-4-5-9-18-16(17)19-13-7-8-14-15(12-13)21-11-6-10-20-14;/h7-8,12H,2-6,9-11H2,1H3,(H3,17,18,19);1H. The summed E-state index contributed by atoms with van der Waals surface area (Å²) in [4.78, 5) is 4.33. The second kappa shape index (κ2) is 10.5. The number of nitrogens with one attached hydrogen (secondary N) is 1. The summed E-state index contributed by atoms with van der Waals surface area (Å²) in [5.41, 5.74) is 6.76. The van der Waals surface area contributed by atoms with Gasteiger partial charge in [-0.05, 0) is 18.6 Å². The van der Waals surface area contributed by atoms with Crippen molar-refractivity contribution in [2.45, 2.75) is 39.0 Å². The Morgan fingerprint density at radius 1 is 1.18 bits per heavy atom. The Bertz CT molecular complexity index is 480. The van der Waals surface area contributed by atoms with Gasteiger partial charge in [-0.1, -0.05) is 26.2 Å². The van der Waals surface area contributed by atoms with Crippen molar-refractivity contribution in [3.63, 3.8) is 0 Å². The Hall–Kier alpha value is -1.18. The molecule has 1 heterocycles. The van der Waals surface area contributed by atoms with Crippen molar-refractivity contribution in [3.05, 3.63) is 18.2 Å². The number of halogens is 1. The number of hydrogen-bond acceptors (Lipinski definition) is 3. The molecule has 0 saturated carbocycles. The summed E-state index contributed by atoms with van der Waals surface area (Å²) in [6.45, 7) is 4.34. The third kappa shape index (κ3) is 6.29. The van der Waals surface area contributed by atoms with E-state index >= 15 is 0 Å². The second-order valence-electron chi connectivity index (χ2n) is 5.16. The lowest BCUT2D eigenvalue weighted by atomic mass is 10.2. The Morgan fingerprint density at radius 3 is 2.73 bits per heavy atom. The van der Waals surface area contributed by atoms with E-state index in [2.05, 4.69) is 17.2 Å². The molecule has 0 bridgehead atoms. The van der Waals surface area contributed by atoms with E-state index in [0.717, 1.165) is 36.6 Å². The van der Waals surface area contributed by atoms with Gasteiger partial charge in [0.05, 0.1) is 13.2 Å². The van der Waals surface area contributed by atoms with E-state index in [-0.39, 0.29) is 24.0 Å². The molecule has 0 aliphatic carbocycles. The molecule has 3 N–H and O–H groups in total. The molecule has 0 fully saturated rings. The highest BCUT2D eigenvalue weighted by molar-refractivity contribution is 14.0. The van der Waals surface area contributed by atoms with Crippen molar-refractivity contribution in [1.82, 2.24) is 0 Å². The summed E-state index contributed by atoms with van der Waals surface area (Å²) in [5, 5.41) is 3.10. The van der Waals surface area contributed by atoms with Gasteiger partial charge in [-0.2, -0.15) is 0 Å². The molecule has 0 radical (unpaired) electrons. The molecule has 1 aliphatic heterocycles. The lowest BCUT2D eigenvalue weighted by molar-refractivity contribution is 0.297. The first-order valence-electron chi connectivity index (χ1n) is 7.76. The lowest BCUT2D eigenvalue weighted by Gasteiger charge is -2.10. The highest BCUT2D eigenvalue weighted by Gasteiger charge is 2.10. The highest BCUT2D eigenvalue weighted by atomic mass is 127. The molecule has 1 aliphatic rings. The van der Waals surface area contributed by atoms with Crippen LogP contribution in [0.25, 0.3) is 0 Å². The molecule has 0 spiro atoms.